The number of piperazine rings is 1. The van der Waals surface area contributed by atoms with Gasteiger partial charge < -0.3 is 14.9 Å². The summed E-state index contributed by atoms with van der Waals surface area (Å²) in [4.78, 5) is 30.3. The molecule has 5 fully saturated rings. The minimum atomic E-state index is -0.0855. The van der Waals surface area contributed by atoms with E-state index in [0.29, 0.717) is 18.0 Å². The molecule has 0 bridgehead atoms. The summed E-state index contributed by atoms with van der Waals surface area (Å²) in [5.41, 5.74) is 1.92. The SMILES string of the molecule is CCCN(C=O)CC(=O)N1CCN(C2CCC3CCC4C5CCC(O)C5(C)CCC4C3(C)C2)CC1.Cc1ccc2ccccc2c1. The Hall–Kier alpha value is -2.44. The molecule has 4 saturated carbocycles. The number of fused-ring (bicyclic) bond motifs is 6. The predicted molar refractivity (Wildman–Crippen MR) is 186 cm³/mol. The zero-order chi connectivity index (χ0) is 32.5. The molecule has 8 unspecified atom stereocenters. The van der Waals surface area contributed by atoms with Crippen molar-refractivity contribution in [2.45, 2.75) is 104 Å². The normalized spacial score (nSPS) is 35.7. The first-order valence-electron chi connectivity index (χ1n) is 18.5. The van der Waals surface area contributed by atoms with Crippen LogP contribution in [0.1, 0.15) is 90.5 Å². The predicted octanol–water partition coefficient (Wildman–Crippen LogP) is 6.92. The zero-order valence-electron chi connectivity index (χ0n) is 29.0. The summed E-state index contributed by atoms with van der Waals surface area (Å²) in [7, 11) is 0. The van der Waals surface area contributed by atoms with E-state index in [4.69, 9.17) is 0 Å². The third-order valence-electron chi connectivity index (χ3n) is 13.6. The molecule has 0 radical (unpaired) electrons. The van der Waals surface area contributed by atoms with E-state index in [1.807, 2.05) is 11.8 Å². The highest BCUT2D eigenvalue weighted by Crippen LogP contribution is 2.66. The summed E-state index contributed by atoms with van der Waals surface area (Å²) in [6, 6.07) is 15.6. The third kappa shape index (κ3) is 6.50. The summed E-state index contributed by atoms with van der Waals surface area (Å²) in [5.74, 6) is 3.32. The lowest BCUT2D eigenvalue weighted by atomic mass is 9.45. The van der Waals surface area contributed by atoms with E-state index in [9.17, 15) is 14.7 Å². The fraction of sp³-hybridized carbons (Fsp3) is 0.700. The van der Waals surface area contributed by atoms with Crippen molar-refractivity contribution in [1.29, 1.82) is 0 Å². The molecule has 2 amide bonds. The van der Waals surface area contributed by atoms with Crippen LogP contribution in [0.25, 0.3) is 10.8 Å². The average Bonchev–Trinajstić information content (AvgIpc) is 3.38. The molecule has 1 N–H and O–H groups in total. The smallest absolute Gasteiger partial charge is 0.242 e. The van der Waals surface area contributed by atoms with Crippen LogP contribution in [0.15, 0.2) is 42.5 Å². The minimum Gasteiger partial charge on any atom is -0.393 e. The maximum absolute atomic E-state index is 12.8. The van der Waals surface area contributed by atoms with Crippen LogP contribution < -0.4 is 0 Å². The topological polar surface area (TPSA) is 64.1 Å². The van der Waals surface area contributed by atoms with Gasteiger partial charge in [-0.2, -0.15) is 0 Å². The second-order valence-electron chi connectivity index (χ2n) is 16.1. The number of hydrogen-bond donors (Lipinski definition) is 1. The van der Waals surface area contributed by atoms with Gasteiger partial charge >= 0.3 is 0 Å². The Labute approximate surface area is 277 Å². The quantitative estimate of drug-likeness (QED) is 0.353. The first kappa shape index (κ1) is 33.5. The molecule has 8 atom stereocenters. The lowest BCUT2D eigenvalue weighted by Crippen LogP contribution is -2.59. The number of aliphatic hydroxyl groups excluding tert-OH is 1. The summed E-state index contributed by atoms with van der Waals surface area (Å²) < 4.78 is 0. The Bertz CT molecular complexity index is 1360. The maximum atomic E-state index is 12.8. The first-order valence-corrected chi connectivity index (χ1v) is 18.5. The van der Waals surface area contributed by atoms with Gasteiger partial charge in [0.15, 0.2) is 0 Å². The van der Waals surface area contributed by atoms with Gasteiger partial charge in [0, 0.05) is 38.8 Å². The Morgan fingerprint density at radius 3 is 2.37 bits per heavy atom. The monoisotopic (exact) mass is 629 g/mol. The van der Waals surface area contributed by atoms with Crippen LogP contribution >= 0.6 is 0 Å². The van der Waals surface area contributed by atoms with Gasteiger partial charge in [0.05, 0.1) is 12.6 Å². The average molecular weight is 630 g/mol. The van der Waals surface area contributed by atoms with Crippen molar-refractivity contribution in [2.24, 2.45) is 34.5 Å². The summed E-state index contributed by atoms with van der Waals surface area (Å²) >= 11 is 0. The lowest BCUT2D eigenvalue weighted by molar-refractivity contribution is -0.141. The molecular formula is C40H59N3O3. The van der Waals surface area contributed by atoms with Crippen molar-refractivity contribution < 1.29 is 14.7 Å². The molecule has 4 aliphatic carbocycles. The number of amides is 2. The number of hydrogen-bond acceptors (Lipinski definition) is 4. The second-order valence-corrected chi connectivity index (χ2v) is 16.1. The molecule has 6 nitrogen and oxygen atoms in total. The van der Waals surface area contributed by atoms with E-state index >= 15 is 0 Å². The fourth-order valence-electron chi connectivity index (χ4n) is 11.0. The van der Waals surface area contributed by atoms with E-state index in [1.54, 1.807) is 4.90 Å². The van der Waals surface area contributed by atoms with Crippen LogP contribution in [0, 0.1) is 41.4 Å². The van der Waals surface area contributed by atoms with Gasteiger partial charge in [0.2, 0.25) is 12.3 Å². The highest BCUT2D eigenvalue weighted by Gasteiger charge is 2.60. The highest BCUT2D eigenvalue weighted by molar-refractivity contribution is 5.83. The van der Waals surface area contributed by atoms with E-state index in [1.165, 1.54) is 67.7 Å². The molecule has 1 heterocycles. The molecule has 252 valence electrons. The lowest BCUT2D eigenvalue weighted by Gasteiger charge is -2.62. The molecule has 1 aliphatic heterocycles. The van der Waals surface area contributed by atoms with Gasteiger partial charge in [0.1, 0.15) is 0 Å². The van der Waals surface area contributed by atoms with Crippen molar-refractivity contribution in [1.82, 2.24) is 14.7 Å². The zero-order valence-corrected chi connectivity index (χ0v) is 29.0. The number of nitrogens with zero attached hydrogens (tertiary/aromatic N) is 3. The largest absolute Gasteiger partial charge is 0.393 e. The molecule has 6 heteroatoms. The molecule has 1 saturated heterocycles. The van der Waals surface area contributed by atoms with E-state index < -0.39 is 0 Å². The van der Waals surface area contributed by atoms with Crippen molar-refractivity contribution in [2.75, 3.05) is 39.3 Å². The minimum absolute atomic E-state index is 0.0855. The van der Waals surface area contributed by atoms with Crippen LogP contribution in [0.2, 0.25) is 0 Å². The maximum Gasteiger partial charge on any atom is 0.242 e. The molecule has 5 aliphatic rings. The number of rotatable bonds is 6. The second kappa shape index (κ2) is 14.0. The van der Waals surface area contributed by atoms with Crippen molar-refractivity contribution >= 4 is 23.1 Å². The van der Waals surface area contributed by atoms with Crippen LogP contribution in [-0.2, 0) is 9.59 Å². The number of carbonyl (C=O) groups excluding carboxylic acids is 2. The van der Waals surface area contributed by atoms with E-state index in [0.717, 1.165) is 69.1 Å². The number of aryl methyl sites for hydroxylation is 1. The summed E-state index contributed by atoms with van der Waals surface area (Å²) in [6.45, 7) is 13.6. The van der Waals surface area contributed by atoms with Gasteiger partial charge in [-0.1, -0.05) is 68.8 Å². The Morgan fingerprint density at radius 2 is 1.63 bits per heavy atom. The van der Waals surface area contributed by atoms with Gasteiger partial charge in [0.25, 0.3) is 0 Å². The van der Waals surface area contributed by atoms with Gasteiger partial charge in [-0.3, -0.25) is 14.5 Å². The van der Waals surface area contributed by atoms with Crippen molar-refractivity contribution in [3.8, 4) is 0 Å². The van der Waals surface area contributed by atoms with E-state index in [2.05, 4.69) is 68.1 Å². The van der Waals surface area contributed by atoms with Crippen molar-refractivity contribution in [3.63, 3.8) is 0 Å². The summed E-state index contributed by atoms with van der Waals surface area (Å²) in [6.07, 6.45) is 13.1. The Kier molecular flexibility index (Phi) is 10.2. The molecular weight excluding hydrogens is 570 g/mol. The molecule has 46 heavy (non-hydrogen) atoms. The van der Waals surface area contributed by atoms with Gasteiger partial charge in [-0.25, -0.2) is 0 Å². The molecule has 2 aromatic rings. The van der Waals surface area contributed by atoms with Crippen LogP contribution in [0.3, 0.4) is 0 Å². The molecule has 0 spiro atoms. The van der Waals surface area contributed by atoms with Crippen LogP contribution in [0.4, 0.5) is 0 Å². The number of aliphatic hydroxyl groups is 1. The highest BCUT2D eigenvalue weighted by atomic mass is 16.3. The standard InChI is InChI=1S/C29H49N3O3.C11H10/c1-4-13-30(20-33)19-27(35)32-16-14-31(15-17-32)22-7-5-21-6-8-23-24-9-10-26(34)28(24,2)12-11-25(23)29(21,3)18-22;1-9-6-7-10-4-2-3-5-11(10)8-9/h20-26,34H,4-19H2,1-3H3;2-8H,1H3. The summed E-state index contributed by atoms with van der Waals surface area (Å²) in [5, 5.41) is 13.4. The van der Waals surface area contributed by atoms with Crippen LogP contribution in [0.5, 0.6) is 0 Å². The van der Waals surface area contributed by atoms with Gasteiger partial charge in [-0.05, 0) is 116 Å². The third-order valence-corrected chi connectivity index (χ3v) is 13.6. The van der Waals surface area contributed by atoms with E-state index in [-0.39, 0.29) is 24.0 Å². The molecule has 7 rings (SSSR count). The Balaban J connectivity index is 0.000000283. The van der Waals surface area contributed by atoms with Gasteiger partial charge in [-0.15, -0.1) is 0 Å². The van der Waals surface area contributed by atoms with Crippen LogP contribution in [-0.4, -0.2) is 83.5 Å². The fourth-order valence-corrected chi connectivity index (χ4v) is 11.0. The van der Waals surface area contributed by atoms with Crippen molar-refractivity contribution in [3.05, 3.63) is 48.0 Å². The molecule has 2 aromatic carbocycles. The number of benzene rings is 2. The first-order chi connectivity index (χ1) is 22.2. The molecule has 0 aromatic heterocycles. The number of carbonyl (C=O) groups is 2. The Morgan fingerprint density at radius 1 is 0.913 bits per heavy atom.